The molecule has 0 saturated heterocycles. The summed E-state index contributed by atoms with van der Waals surface area (Å²) in [6, 6.07) is 17.5. The van der Waals surface area contributed by atoms with E-state index in [9.17, 15) is 9.18 Å². The maximum absolute atomic E-state index is 14.1. The number of benzene rings is 2. The van der Waals surface area contributed by atoms with Gasteiger partial charge in [0, 0.05) is 29.3 Å². The number of nitrogen functional groups attached to an aromatic ring is 1. The normalized spacial score (nSPS) is 11.7. The second kappa shape index (κ2) is 9.27. The average Bonchev–Trinajstić information content (AvgIpc) is 2.89. The summed E-state index contributed by atoms with van der Waals surface area (Å²) >= 11 is 0. The largest absolute Gasteiger partial charge is 0.371 e. The molecule has 0 unspecified atom stereocenters. The van der Waals surface area contributed by atoms with E-state index in [0.29, 0.717) is 33.3 Å². The number of halogens is 1. The van der Waals surface area contributed by atoms with Crippen molar-refractivity contribution in [2.75, 3.05) is 11.1 Å². The van der Waals surface area contributed by atoms with Gasteiger partial charge in [0.05, 0.1) is 24.2 Å². The molecule has 5 aromatic rings. The summed E-state index contributed by atoms with van der Waals surface area (Å²) < 4.78 is 15.6. The third-order valence-electron chi connectivity index (χ3n) is 5.81. The van der Waals surface area contributed by atoms with Crippen LogP contribution >= 0.6 is 0 Å². The Kier molecular flexibility index (Phi) is 5.84. The minimum Gasteiger partial charge on any atom is -0.371 e. The number of nitrogens with two attached hydrogens (primary N) is 1. The van der Waals surface area contributed by atoms with Gasteiger partial charge in [-0.1, -0.05) is 36.4 Å². The van der Waals surface area contributed by atoms with Crippen LogP contribution in [0.3, 0.4) is 0 Å². The molecule has 3 aromatic heterocycles. The van der Waals surface area contributed by atoms with E-state index < -0.39 is 11.9 Å². The predicted octanol–water partition coefficient (Wildman–Crippen LogP) is 5.29. The Morgan fingerprint density at radius 1 is 1.08 bits per heavy atom. The summed E-state index contributed by atoms with van der Waals surface area (Å²) in [5, 5.41) is 4.34. The number of aromatic nitrogens is 4. The zero-order valence-electron chi connectivity index (χ0n) is 19.2. The van der Waals surface area contributed by atoms with E-state index in [1.165, 1.54) is 18.5 Å². The molecule has 0 spiro atoms. The molecule has 36 heavy (non-hydrogen) atoms. The number of hydrogen-bond acceptors (Lipinski definition) is 6. The molecule has 3 N–H and O–H groups in total. The number of para-hydroxylation sites is 1. The molecule has 0 aliphatic rings. The van der Waals surface area contributed by atoms with Gasteiger partial charge in [-0.15, -0.1) is 0 Å². The van der Waals surface area contributed by atoms with Crippen LogP contribution in [0.5, 0.6) is 0 Å². The number of nitrogens with zero attached hydrogens (tertiary/aromatic N) is 5. The van der Waals surface area contributed by atoms with Crippen molar-refractivity contribution < 1.29 is 4.39 Å². The van der Waals surface area contributed by atoms with Crippen molar-refractivity contribution in [3.8, 4) is 16.8 Å². The van der Waals surface area contributed by atoms with Gasteiger partial charge in [0.1, 0.15) is 11.6 Å². The number of hydrogen-bond donors (Lipinski definition) is 2. The van der Waals surface area contributed by atoms with Gasteiger partial charge in [0.15, 0.2) is 0 Å². The molecule has 9 heteroatoms. The monoisotopic (exact) mass is 477 g/mol. The second-order valence-corrected chi connectivity index (χ2v) is 8.15. The van der Waals surface area contributed by atoms with Crippen LogP contribution < -0.4 is 16.6 Å². The summed E-state index contributed by atoms with van der Waals surface area (Å²) in [6.45, 7) is 9.29. The van der Waals surface area contributed by atoms with Crippen LogP contribution in [-0.4, -0.2) is 19.5 Å². The van der Waals surface area contributed by atoms with E-state index in [0.717, 1.165) is 6.20 Å². The Hall–Kier alpha value is -5.10. The standard InChI is InChI=1S/C27H20FN7O/c1-16(33-25-22(30-2)15-32-27(29)34-25)23-12-17-7-6-10-21(18-11-19(28)14-31-13-18)24(17)26(36)35(23)20-8-4-3-5-9-20/h3-16H,1H3,(H3,29,32,33,34)/t16-/m0/s1. The Balaban J connectivity index is 1.75. The molecule has 0 fully saturated rings. The molecule has 5 rings (SSSR count). The molecular formula is C27H20FN7O. The van der Waals surface area contributed by atoms with Crippen molar-refractivity contribution in [2.24, 2.45) is 0 Å². The molecule has 0 bridgehead atoms. The maximum atomic E-state index is 14.1. The van der Waals surface area contributed by atoms with E-state index >= 15 is 0 Å². The van der Waals surface area contributed by atoms with Crippen molar-refractivity contribution in [1.82, 2.24) is 19.5 Å². The van der Waals surface area contributed by atoms with Gasteiger partial charge >= 0.3 is 0 Å². The number of nitrogens with one attached hydrogen (secondary N) is 1. The highest BCUT2D eigenvalue weighted by atomic mass is 19.1. The van der Waals surface area contributed by atoms with Crippen molar-refractivity contribution in [1.29, 1.82) is 0 Å². The second-order valence-electron chi connectivity index (χ2n) is 8.15. The fraction of sp³-hybridized carbons (Fsp3) is 0.0741. The van der Waals surface area contributed by atoms with Gasteiger partial charge in [-0.2, -0.15) is 0 Å². The first-order chi connectivity index (χ1) is 17.5. The van der Waals surface area contributed by atoms with Crippen LogP contribution in [0.25, 0.3) is 32.4 Å². The number of anilines is 2. The van der Waals surface area contributed by atoms with Gasteiger partial charge in [0.2, 0.25) is 11.6 Å². The molecule has 0 saturated carbocycles. The summed E-state index contributed by atoms with van der Waals surface area (Å²) in [7, 11) is 0. The Morgan fingerprint density at radius 2 is 1.89 bits per heavy atom. The smallest absolute Gasteiger partial charge is 0.263 e. The average molecular weight is 478 g/mol. The fourth-order valence-corrected chi connectivity index (χ4v) is 4.20. The summed E-state index contributed by atoms with van der Waals surface area (Å²) in [5.74, 6) is -0.178. The molecule has 0 aliphatic heterocycles. The lowest BCUT2D eigenvalue weighted by atomic mass is 9.98. The third kappa shape index (κ3) is 4.12. The minimum absolute atomic E-state index is 0.0319. The summed E-state index contributed by atoms with van der Waals surface area (Å²) in [6.07, 6.45) is 4.02. The molecule has 0 amide bonds. The van der Waals surface area contributed by atoms with Crippen LogP contribution in [0.4, 0.5) is 21.8 Å². The summed E-state index contributed by atoms with van der Waals surface area (Å²) in [5.41, 5.74) is 8.08. The first-order valence-electron chi connectivity index (χ1n) is 11.1. The lowest BCUT2D eigenvalue weighted by Crippen LogP contribution is -2.26. The van der Waals surface area contributed by atoms with Crippen LogP contribution in [0.2, 0.25) is 0 Å². The van der Waals surface area contributed by atoms with Crippen LogP contribution in [0, 0.1) is 12.4 Å². The Bertz CT molecular complexity index is 1690. The molecule has 1 atom stereocenters. The van der Waals surface area contributed by atoms with Crippen molar-refractivity contribution in [3.05, 3.63) is 113 Å². The first-order valence-corrected chi connectivity index (χ1v) is 11.1. The van der Waals surface area contributed by atoms with Crippen LogP contribution in [-0.2, 0) is 0 Å². The van der Waals surface area contributed by atoms with Gasteiger partial charge in [0.25, 0.3) is 5.56 Å². The highest BCUT2D eigenvalue weighted by Gasteiger charge is 2.20. The Labute approximate surface area is 205 Å². The van der Waals surface area contributed by atoms with E-state index in [1.54, 1.807) is 10.6 Å². The molecule has 2 aromatic carbocycles. The maximum Gasteiger partial charge on any atom is 0.263 e. The zero-order valence-corrected chi connectivity index (χ0v) is 19.2. The van der Waals surface area contributed by atoms with Crippen molar-refractivity contribution in [2.45, 2.75) is 13.0 Å². The van der Waals surface area contributed by atoms with Crippen molar-refractivity contribution in [3.63, 3.8) is 0 Å². The molecule has 176 valence electrons. The van der Waals surface area contributed by atoms with E-state index in [2.05, 4.69) is 25.1 Å². The molecule has 3 heterocycles. The highest BCUT2D eigenvalue weighted by molar-refractivity contribution is 5.96. The van der Waals surface area contributed by atoms with E-state index in [-0.39, 0.29) is 23.0 Å². The number of rotatable bonds is 5. The van der Waals surface area contributed by atoms with Gasteiger partial charge in [-0.3, -0.25) is 14.3 Å². The summed E-state index contributed by atoms with van der Waals surface area (Å²) in [4.78, 5) is 29.6. The van der Waals surface area contributed by atoms with E-state index in [4.69, 9.17) is 12.3 Å². The van der Waals surface area contributed by atoms with E-state index in [1.807, 2.05) is 55.5 Å². The van der Waals surface area contributed by atoms with Crippen molar-refractivity contribution >= 4 is 28.2 Å². The number of fused-ring (bicyclic) bond motifs is 1. The highest BCUT2D eigenvalue weighted by Crippen LogP contribution is 2.31. The van der Waals surface area contributed by atoms with Crippen LogP contribution in [0.1, 0.15) is 18.7 Å². The molecular weight excluding hydrogens is 457 g/mol. The SMILES string of the molecule is [C-]#[N+]c1cnc(N)nc1N[C@@H](C)c1cc2cccc(-c3cncc(F)c3)c2c(=O)n1-c1ccccc1. The quantitative estimate of drug-likeness (QED) is 0.334. The number of pyridine rings is 2. The van der Waals surface area contributed by atoms with Crippen LogP contribution in [0.15, 0.2) is 84.0 Å². The predicted molar refractivity (Wildman–Crippen MR) is 137 cm³/mol. The first kappa shape index (κ1) is 22.7. The minimum atomic E-state index is -0.484. The molecule has 0 radical (unpaired) electrons. The van der Waals surface area contributed by atoms with Gasteiger partial charge in [-0.25, -0.2) is 19.2 Å². The molecule has 0 aliphatic carbocycles. The fourth-order valence-electron chi connectivity index (χ4n) is 4.20. The third-order valence-corrected chi connectivity index (χ3v) is 5.81. The lowest BCUT2D eigenvalue weighted by molar-refractivity contribution is 0.622. The Morgan fingerprint density at radius 3 is 2.64 bits per heavy atom. The molecule has 8 nitrogen and oxygen atoms in total. The lowest BCUT2D eigenvalue weighted by Gasteiger charge is -2.22. The van der Waals surface area contributed by atoms with Gasteiger partial charge in [-0.05, 0) is 42.1 Å². The van der Waals surface area contributed by atoms with Gasteiger partial charge < -0.3 is 11.1 Å². The topological polar surface area (TPSA) is 103 Å². The zero-order chi connectivity index (χ0) is 25.2.